The van der Waals surface area contributed by atoms with Gasteiger partial charge in [-0.3, -0.25) is 0 Å². The van der Waals surface area contributed by atoms with Gasteiger partial charge in [-0.1, -0.05) is 15.9 Å². The number of carboxylic acids is 1. The first kappa shape index (κ1) is 16.1. The van der Waals surface area contributed by atoms with E-state index in [1.54, 1.807) is 6.92 Å². The normalized spacial score (nSPS) is 11.5. The Kier molecular flexibility index (Phi) is 5.51. The van der Waals surface area contributed by atoms with Gasteiger partial charge in [0.2, 0.25) is 0 Å². The van der Waals surface area contributed by atoms with Gasteiger partial charge in [0.15, 0.2) is 9.84 Å². The maximum absolute atomic E-state index is 12.2. The maximum Gasteiger partial charge on any atom is 0.335 e. The molecule has 0 spiro atoms. The number of halogens is 1. The minimum Gasteiger partial charge on any atom is -0.478 e. The van der Waals surface area contributed by atoms with E-state index in [1.807, 2.05) is 0 Å². The van der Waals surface area contributed by atoms with E-state index in [-0.39, 0.29) is 22.8 Å². The molecule has 0 heterocycles. The molecule has 19 heavy (non-hydrogen) atoms. The van der Waals surface area contributed by atoms with Gasteiger partial charge in [0, 0.05) is 11.1 Å². The molecule has 106 valence electrons. The zero-order valence-electron chi connectivity index (χ0n) is 10.4. The van der Waals surface area contributed by atoms with E-state index in [9.17, 15) is 13.2 Å². The van der Waals surface area contributed by atoms with Gasteiger partial charge in [-0.25, -0.2) is 13.2 Å². The van der Waals surface area contributed by atoms with Crippen LogP contribution in [0.3, 0.4) is 0 Å². The minimum absolute atomic E-state index is 0.0252. The van der Waals surface area contributed by atoms with Crippen LogP contribution in [0.2, 0.25) is 0 Å². The van der Waals surface area contributed by atoms with Crippen molar-refractivity contribution in [3.05, 3.63) is 27.7 Å². The molecule has 2 N–H and O–H groups in total. The maximum atomic E-state index is 12.2. The first-order valence-electron chi connectivity index (χ1n) is 5.66. The van der Waals surface area contributed by atoms with E-state index in [2.05, 4.69) is 15.9 Å². The van der Waals surface area contributed by atoms with Crippen molar-refractivity contribution in [3.63, 3.8) is 0 Å². The summed E-state index contributed by atoms with van der Waals surface area (Å²) in [5.41, 5.74) is 0.423. The Labute approximate surface area is 120 Å². The van der Waals surface area contributed by atoms with Crippen LogP contribution < -0.4 is 0 Å². The average molecular weight is 351 g/mol. The van der Waals surface area contributed by atoms with E-state index in [0.717, 1.165) is 0 Å². The third-order valence-electron chi connectivity index (χ3n) is 2.70. The van der Waals surface area contributed by atoms with Gasteiger partial charge >= 0.3 is 5.97 Å². The molecule has 0 aliphatic carbocycles. The molecule has 0 radical (unpaired) electrons. The summed E-state index contributed by atoms with van der Waals surface area (Å²) in [5, 5.41) is 17.6. The number of hydrogen-bond acceptors (Lipinski definition) is 4. The van der Waals surface area contributed by atoms with Crippen LogP contribution in [-0.2, 0) is 9.84 Å². The molecule has 0 saturated carbocycles. The highest BCUT2D eigenvalue weighted by atomic mass is 79.9. The second-order valence-corrected chi connectivity index (χ2v) is 7.07. The molecule has 0 aliphatic heterocycles. The van der Waals surface area contributed by atoms with Crippen molar-refractivity contribution in [1.29, 1.82) is 0 Å². The monoisotopic (exact) mass is 350 g/mol. The van der Waals surface area contributed by atoms with E-state index in [4.69, 9.17) is 10.2 Å². The van der Waals surface area contributed by atoms with Crippen LogP contribution in [0.1, 0.15) is 28.8 Å². The number of carbonyl (C=O) groups is 1. The number of benzene rings is 1. The molecule has 0 amide bonds. The molecular weight excluding hydrogens is 336 g/mol. The van der Waals surface area contributed by atoms with Gasteiger partial charge < -0.3 is 10.2 Å². The zero-order valence-corrected chi connectivity index (χ0v) is 12.8. The van der Waals surface area contributed by atoms with E-state index < -0.39 is 15.8 Å². The number of carboxylic acid groups (broad SMARTS) is 1. The topological polar surface area (TPSA) is 91.7 Å². The first-order chi connectivity index (χ1) is 8.79. The highest BCUT2D eigenvalue weighted by Gasteiger charge is 2.20. The standard InChI is InChI=1S/C12H15BrO5S/c1-8-10(13)6-9(12(15)16)7-11(8)19(17,18)5-3-2-4-14/h6-7,14H,2-5H2,1H3,(H,15,16). The predicted molar refractivity (Wildman–Crippen MR) is 74.2 cm³/mol. The summed E-state index contributed by atoms with van der Waals surface area (Å²) in [5.74, 6) is -1.28. The lowest BCUT2D eigenvalue weighted by molar-refractivity contribution is 0.0696. The summed E-state index contributed by atoms with van der Waals surface area (Å²) in [6.45, 7) is 1.56. The summed E-state index contributed by atoms with van der Waals surface area (Å²) in [6.07, 6.45) is 0.741. The Hall–Kier alpha value is -0.920. The lowest BCUT2D eigenvalue weighted by Crippen LogP contribution is -2.11. The lowest BCUT2D eigenvalue weighted by atomic mass is 10.1. The molecular formula is C12H15BrO5S. The molecule has 0 saturated heterocycles. The van der Waals surface area contributed by atoms with Crippen LogP contribution in [-0.4, -0.2) is 37.0 Å². The lowest BCUT2D eigenvalue weighted by Gasteiger charge is -2.10. The summed E-state index contributed by atoms with van der Waals surface area (Å²) in [7, 11) is -3.55. The molecule has 1 rings (SSSR count). The highest BCUT2D eigenvalue weighted by molar-refractivity contribution is 9.10. The SMILES string of the molecule is Cc1c(Br)cc(C(=O)O)cc1S(=O)(=O)CCCCO. The molecule has 0 unspecified atom stereocenters. The largest absolute Gasteiger partial charge is 0.478 e. The number of sulfone groups is 1. The van der Waals surface area contributed by atoms with Crippen molar-refractivity contribution in [2.24, 2.45) is 0 Å². The van der Waals surface area contributed by atoms with Gasteiger partial charge in [0.05, 0.1) is 16.2 Å². The Morgan fingerprint density at radius 3 is 2.47 bits per heavy atom. The van der Waals surface area contributed by atoms with Crippen molar-refractivity contribution in [1.82, 2.24) is 0 Å². The summed E-state index contributed by atoms with van der Waals surface area (Å²) in [6, 6.07) is 2.56. The second kappa shape index (κ2) is 6.49. The van der Waals surface area contributed by atoms with E-state index in [0.29, 0.717) is 22.9 Å². The fraction of sp³-hybridized carbons (Fsp3) is 0.417. The molecule has 0 aliphatic rings. The van der Waals surface area contributed by atoms with Crippen LogP contribution >= 0.6 is 15.9 Å². The van der Waals surface area contributed by atoms with Crippen molar-refractivity contribution in [3.8, 4) is 0 Å². The molecule has 1 aromatic rings. The Balaban J connectivity index is 3.21. The fourth-order valence-electron chi connectivity index (χ4n) is 1.61. The molecule has 0 aromatic heterocycles. The number of aromatic carboxylic acids is 1. The molecule has 0 bridgehead atoms. The van der Waals surface area contributed by atoms with Crippen LogP contribution in [0.5, 0.6) is 0 Å². The number of rotatable bonds is 6. The van der Waals surface area contributed by atoms with Crippen LogP contribution in [0.25, 0.3) is 0 Å². The first-order valence-corrected chi connectivity index (χ1v) is 8.11. The summed E-state index contributed by atoms with van der Waals surface area (Å²) < 4.78 is 24.8. The number of aliphatic hydroxyl groups is 1. The molecule has 0 fully saturated rings. The summed E-state index contributed by atoms with van der Waals surface area (Å²) >= 11 is 3.17. The Morgan fingerprint density at radius 2 is 1.95 bits per heavy atom. The van der Waals surface area contributed by atoms with Gasteiger partial charge in [-0.2, -0.15) is 0 Å². The van der Waals surface area contributed by atoms with Crippen molar-refractivity contribution in [2.75, 3.05) is 12.4 Å². The third-order valence-corrected chi connectivity index (χ3v) is 5.44. The fourth-order valence-corrected chi connectivity index (χ4v) is 3.89. The third kappa shape index (κ3) is 4.02. The van der Waals surface area contributed by atoms with Gasteiger partial charge in [0.25, 0.3) is 0 Å². The number of hydrogen-bond donors (Lipinski definition) is 2. The quantitative estimate of drug-likeness (QED) is 0.765. The highest BCUT2D eigenvalue weighted by Crippen LogP contribution is 2.27. The van der Waals surface area contributed by atoms with Crippen molar-refractivity contribution in [2.45, 2.75) is 24.7 Å². The van der Waals surface area contributed by atoms with Crippen LogP contribution in [0.15, 0.2) is 21.5 Å². The smallest absolute Gasteiger partial charge is 0.335 e. The van der Waals surface area contributed by atoms with Crippen LogP contribution in [0, 0.1) is 6.92 Å². The second-order valence-electron chi connectivity index (χ2n) is 4.14. The molecule has 7 heteroatoms. The van der Waals surface area contributed by atoms with Gasteiger partial charge in [0.1, 0.15) is 0 Å². The van der Waals surface area contributed by atoms with Gasteiger partial charge in [-0.05, 0) is 37.5 Å². The van der Waals surface area contributed by atoms with Crippen molar-refractivity contribution < 1.29 is 23.4 Å². The average Bonchev–Trinajstić information content (AvgIpc) is 2.32. The number of aliphatic hydroxyl groups excluding tert-OH is 1. The summed E-state index contributed by atoms with van der Waals surface area (Å²) in [4.78, 5) is 11.0. The zero-order chi connectivity index (χ0) is 14.6. The van der Waals surface area contributed by atoms with E-state index >= 15 is 0 Å². The Morgan fingerprint density at radius 1 is 1.32 bits per heavy atom. The Bertz CT molecular complexity index is 580. The minimum atomic E-state index is -3.55. The number of unbranched alkanes of at least 4 members (excludes halogenated alkanes) is 1. The van der Waals surface area contributed by atoms with E-state index in [1.165, 1.54) is 12.1 Å². The van der Waals surface area contributed by atoms with Gasteiger partial charge in [-0.15, -0.1) is 0 Å². The predicted octanol–water partition coefficient (Wildman–Crippen LogP) is 2.00. The molecule has 0 atom stereocenters. The van der Waals surface area contributed by atoms with Crippen LogP contribution in [0.4, 0.5) is 0 Å². The molecule has 5 nitrogen and oxygen atoms in total. The molecule has 1 aromatic carbocycles. The van der Waals surface area contributed by atoms with Crippen molar-refractivity contribution >= 4 is 31.7 Å².